The van der Waals surface area contributed by atoms with E-state index in [4.69, 9.17) is 10.2 Å². The minimum atomic E-state index is 0.00355. The first-order valence-electron chi connectivity index (χ1n) is 11.6. The summed E-state index contributed by atoms with van der Waals surface area (Å²) in [6.07, 6.45) is 0. The van der Waals surface area contributed by atoms with E-state index in [0.717, 1.165) is 44.2 Å². The average Bonchev–Trinajstić information content (AvgIpc) is 3.28. The van der Waals surface area contributed by atoms with Crippen LogP contribution in [-0.4, -0.2) is 0 Å². The minimum absolute atomic E-state index is 0.00355. The van der Waals surface area contributed by atoms with Gasteiger partial charge < -0.3 is 10.2 Å². The molecule has 1 atom stereocenters. The Balaban J connectivity index is 1.57. The number of fused-ring (bicyclic) bond motifs is 3. The lowest BCUT2D eigenvalue weighted by molar-refractivity contribution is 0.670. The van der Waals surface area contributed by atoms with Gasteiger partial charge >= 0.3 is 0 Å². The molecule has 6 rings (SSSR count). The van der Waals surface area contributed by atoms with Crippen LogP contribution in [0.5, 0.6) is 0 Å². The van der Waals surface area contributed by atoms with E-state index in [1.165, 1.54) is 16.7 Å². The zero-order valence-electron chi connectivity index (χ0n) is 19.0. The predicted molar refractivity (Wildman–Crippen MR) is 143 cm³/mol. The Morgan fingerprint density at radius 3 is 2.06 bits per heavy atom. The van der Waals surface area contributed by atoms with E-state index in [-0.39, 0.29) is 6.04 Å². The van der Waals surface area contributed by atoms with Crippen LogP contribution in [0, 0.1) is 0 Å². The molecule has 34 heavy (non-hydrogen) atoms. The lowest BCUT2D eigenvalue weighted by Crippen LogP contribution is -2.04. The van der Waals surface area contributed by atoms with Crippen LogP contribution >= 0.6 is 0 Å². The molecule has 1 unspecified atom stereocenters. The third-order valence-electron chi connectivity index (χ3n) is 6.53. The van der Waals surface area contributed by atoms with Gasteiger partial charge in [0, 0.05) is 22.4 Å². The van der Waals surface area contributed by atoms with Crippen molar-refractivity contribution in [1.29, 1.82) is 0 Å². The van der Waals surface area contributed by atoms with Gasteiger partial charge in [0.1, 0.15) is 11.2 Å². The Hall–Kier alpha value is -4.14. The summed E-state index contributed by atoms with van der Waals surface area (Å²) < 4.78 is 6.48. The van der Waals surface area contributed by atoms with Gasteiger partial charge in [0.2, 0.25) is 0 Å². The van der Waals surface area contributed by atoms with Gasteiger partial charge in [-0.05, 0) is 64.6 Å². The van der Waals surface area contributed by atoms with E-state index in [1.807, 2.05) is 19.1 Å². The van der Waals surface area contributed by atoms with Crippen LogP contribution < -0.4 is 5.73 Å². The van der Waals surface area contributed by atoms with E-state index in [9.17, 15) is 0 Å². The summed E-state index contributed by atoms with van der Waals surface area (Å²) in [5.74, 6) is 0. The second kappa shape index (κ2) is 8.33. The molecule has 1 heterocycles. The van der Waals surface area contributed by atoms with Gasteiger partial charge in [-0.15, -0.1) is 0 Å². The van der Waals surface area contributed by atoms with E-state index >= 15 is 0 Å². The first-order valence-corrected chi connectivity index (χ1v) is 11.6. The van der Waals surface area contributed by atoms with Crippen molar-refractivity contribution in [2.45, 2.75) is 13.0 Å². The van der Waals surface area contributed by atoms with Crippen molar-refractivity contribution in [3.63, 3.8) is 0 Å². The van der Waals surface area contributed by atoms with Crippen LogP contribution in [0.15, 0.2) is 120 Å². The van der Waals surface area contributed by atoms with Gasteiger partial charge in [-0.25, -0.2) is 0 Å². The Kier molecular flexibility index (Phi) is 5.01. The van der Waals surface area contributed by atoms with Crippen LogP contribution in [0.2, 0.25) is 0 Å². The van der Waals surface area contributed by atoms with Crippen LogP contribution in [-0.2, 0) is 0 Å². The Morgan fingerprint density at radius 2 is 1.24 bits per heavy atom. The summed E-state index contributed by atoms with van der Waals surface area (Å²) in [5.41, 5.74) is 16.0. The molecule has 0 amide bonds. The highest BCUT2D eigenvalue weighted by molar-refractivity contribution is 6.16. The number of furan rings is 1. The zero-order chi connectivity index (χ0) is 23.1. The maximum Gasteiger partial charge on any atom is 0.143 e. The van der Waals surface area contributed by atoms with Crippen molar-refractivity contribution in [3.05, 3.63) is 121 Å². The summed E-state index contributed by atoms with van der Waals surface area (Å²) in [5, 5.41) is 2.29. The van der Waals surface area contributed by atoms with Crippen LogP contribution in [0.3, 0.4) is 0 Å². The standard InChI is InChI=1S/C32H25NO/c1-21(33)23-11-7-12-24(19-23)25-13-8-14-26(20-25)28-18-17-27(22-9-3-2-4-10-22)31-29-15-5-6-16-30(29)34-32(28)31/h2-21H,33H2,1H3. The van der Waals surface area contributed by atoms with Crippen LogP contribution in [0.1, 0.15) is 18.5 Å². The topological polar surface area (TPSA) is 39.2 Å². The molecule has 5 aromatic carbocycles. The fourth-order valence-corrected chi connectivity index (χ4v) is 4.78. The molecule has 0 fully saturated rings. The number of nitrogens with two attached hydrogens (primary N) is 1. The normalized spacial score (nSPS) is 12.3. The molecule has 1 aromatic heterocycles. The highest BCUT2D eigenvalue weighted by atomic mass is 16.3. The number of benzene rings is 5. The first-order chi connectivity index (χ1) is 16.7. The quantitative estimate of drug-likeness (QED) is 0.299. The second-order valence-electron chi connectivity index (χ2n) is 8.82. The fourth-order valence-electron chi connectivity index (χ4n) is 4.78. The largest absolute Gasteiger partial charge is 0.455 e. The highest BCUT2D eigenvalue weighted by Gasteiger charge is 2.17. The van der Waals surface area contributed by atoms with Crippen molar-refractivity contribution in [1.82, 2.24) is 0 Å². The number of para-hydroxylation sites is 1. The van der Waals surface area contributed by atoms with Crippen molar-refractivity contribution in [2.24, 2.45) is 5.73 Å². The number of hydrogen-bond acceptors (Lipinski definition) is 2. The summed E-state index contributed by atoms with van der Waals surface area (Å²) in [7, 11) is 0. The molecule has 2 nitrogen and oxygen atoms in total. The third-order valence-corrected chi connectivity index (χ3v) is 6.53. The zero-order valence-corrected chi connectivity index (χ0v) is 19.0. The SMILES string of the molecule is CC(N)c1cccc(-c2cccc(-c3ccc(-c4ccccc4)c4c3oc3ccccc34)c2)c1. The summed E-state index contributed by atoms with van der Waals surface area (Å²) >= 11 is 0. The van der Waals surface area contributed by atoms with Gasteiger partial charge in [-0.2, -0.15) is 0 Å². The molecule has 6 aromatic rings. The average molecular weight is 440 g/mol. The molecule has 164 valence electrons. The van der Waals surface area contributed by atoms with Crippen LogP contribution in [0.25, 0.3) is 55.3 Å². The van der Waals surface area contributed by atoms with E-state index < -0.39 is 0 Å². The molecule has 0 radical (unpaired) electrons. The maximum absolute atomic E-state index is 6.48. The molecule has 0 bridgehead atoms. The smallest absolute Gasteiger partial charge is 0.143 e. The molecule has 0 saturated carbocycles. The summed E-state index contributed by atoms with van der Waals surface area (Å²) in [6, 6.07) is 40.4. The molecular formula is C32H25NO. The maximum atomic E-state index is 6.48. The van der Waals surface area contributed by atoms with Crippen LogP contribution in [0.4, 0.5) is 0 Å². The lowest BCUT2D eigenvalue weighted by Gasteiger charge is -2.11. The van der Waals surface area contributed by atoms with Crippen molar-refractivity contribution >= 4 is 21.9 Å². The first kappa shape index (κ1) is 20.5. The molecule has 0 aliphatic heterocycles. The molecule has 2 heteroatoms. The Labute approximate surface area is 199 Å². The van der Waals surface area contributed by atoms with Crippen molar-refractivity contribution in [3.8, 4) is 33.4 Å². The third kappa shape index (κ3) is 3.49. The summed E-state index contributed by atoms with van der Waals surface area (Å²) in [4.78, 5) is 0. The van der Waals surface area contributed by atoms with Crippen molar-refractivity contribution in [2.75, 3.05) is 0 Å². The molecule has 0 spiro atoms. The lowest BCUT2D eigenvalue weighted by atomic mass is 9.93. The van der Waals surface area contributed by atoms with E-state index in [0.29, 0.717) is 0 Å². The van der Waals surface area contributed by atoms with E-state index in [2.05, 4.69) is 103 Å². The van der Waals surface area contributed by atoms with Gasteiger partial charge in [-0.3, -0.25) is 0 Å². The second-order valence-corrected chi connectivity index (χ2v) is 8.82. The molecular weight excluding hydrogens is 414 g/mol. The predicted octanol–water partition coefficient (Wildman–Crippen LogP) is 8.61. The van der Waals surface area contributed by atoms with Gasteiger partial charge in [0.15, 0.2) is 0 Å². The summed E-state index contributed by atoms with van der Waals surface area (Å²) in [6.45, 7) is 2.02. The van der Waals surface area contributed by atoms with Gasteiger partial charge in [0.05, 0.1) is 0 Å². The van der Waals surface area contributed by atoms with Crippen molar-refractivity contribution < 1.29 is 4.42 Å². The number of rotatable bonds is 4. The molecule has 2 N–H and O–H groups in total. The fraction of sp³-hybridized carbons (Fsp3) is 0.0625. The monoisotopic (exact) mass is 439 g/mol. The Morgan fingerprint density at radius 1 is 0.588 bits per heavy atom. The number of hydrogen-bond donors (Lipinski definition) is 1. The molecule has 0 saturated heterocycles. The van der Waals surface area contributed by atoms with E-state index in [1.54, 1.807) is 0 Å². The van der Waals surface area contributed by atoms with Gasteiger partial charge in [-0.1, -0.05) is 91.0 Å². The highest BCUT2D eigenvalue weighted by Crippen LogP contribution is 2.42. The Bertz CT molecular complexity index is 1630. The molecule has 0 aliphatic rings. The van der Waals surface area contributed by atoms with Gasteiger partial charge in [0.25, 0.3) is 0 Å². The minimum Gasteiger partial charge on any atom is -0.455 e. The molecule has 0 aliphatic carbocycles.